The standard InChI is InChI=1S/C24H20F2N4O2S/c1-3-32-19-9-7-18(8-10-19)30-23(17-5-4-12-27-14-17)28-29-24(30)33-15(2)22(31)16-6-11-20(25)21(26)13-16/h4-15H,3H2,1-2H3/t15-/m0/s1. The van der Waals surface area contributed by atoms with E-state index in [1.807, 2.05) is 41.8 Å². The average Bonchev–Trinajstić information content (AvgIpc) is 3.25. The lowest BCUT2D eigenvalue weighted by Crippen LogP contribution is -2.15. The monoisotopic (exact) mass is 466 g/mol. The highest BCUT2D eigenvalue weighted by Gasteiger charge is 2.23. The van der Waals surface area contributed by atoms with Crippen molar-refractivity contribution in [2.24, 2.45) is 0 Å². The van der Waals surface area contributed by atoms with E-state index in [0.717, 1.165) is 29.1 Å². The molecule has 6 nitrogen and oxygen atoms in total. The maximum Gasteiger partial charge on any atom is 0.196 e. The van der Waals surface area contributed by atoms with Crippen LogP contribution in [0, 0.1) is 11.6 Å². The molecule has 0 aliphatic rings. The van der Waals surface area contributed by atoms with Gasteiger partial charge in [0.05, 0.1) is 11.9 Å². The number of rotatable bonds is 8. The number of thioether (sulfide) groups is 1. The number of hydrogen-bond acceptors (Lipinski definition) is 6. The molecule has 2 heterocycles. The lowest BCUT2D eigenvalue weighted by Gasteiger charge is -2.14. The van der Waals surface area contributed by atoms with Gasteiger partial charge in [0.1, 0.15) is 5.75 Å². The van der Waals surface area contributed by atoms with Crippen LogP contribution in [0.3, 0.4) is 0 Å². The van der Waals surface area contributed by atoms with Crippen molar-refractivity contribution in [3.63, 3.8) is 0 Å². The van der Waals surface area contributed by atoms with Gasteiger partial charge in [0.2, 0.25) is 0 Å². The van der Waals surface area contributed by atoms with Gasteiger partial charge in [-0.2, -0.15) is 0 Å². The SMILES string of the molecule is CCOc1ccc(-n2c(S[C@@H](C)C(=O)c3ccc(F)c(F)c3)nnc2-c2cccnc2)cc1. The fourth-order valence-corrected chi connectivity index (χ4v) is 4.16. The second-order valence-electron chi connectivity index (χ2n) is 7.06. The van der Waals surface area contributed by atoms with Crippen molar-refractivity contribution in [1.82, 2.24) is 19.7 Å². The van der Waals surface area contributed by atoms with E-state index in [1.54, 1.807) is 25.4 Å². The molecule has 0 amide bonds. The van der Waals surface area contributed by atoms with E-state index in [9.17, 15) is 13.6 Å². The third kappa shape index (κ3) is 4.93. The van der Waals surface area contributed by atoms with Crippen LogP contribution in [0.5, 0.6) is 5.75 Å². The van der Waals surface area contributed by atoms with Gasteiger partial charge in [0.25, 0.3) is 0 Å². The Hall–Kier alpha value is -3.59. The van der Waals surface area contributed by atoms with Crippen molar-refractivity contribution in [3.05, 3.63) is 84.2 Å². The molecule has 0 bridgehead atoms. The minimum atomic E-state index is -1.06. The van der Waals surface area contributed by atoms with Crippen LogP contribution in [0.4, 0.5) is 8.78 Å². The molecule has 0 saturated carbocycles. The van der Waals surface area contributed by atoms with Gasteiger partial charge in [0, 0.05) is 29.2 Å². The number of nitrogens with zero attached hydrogens (tertiary/aromatic N) is 4. The smallest absolute Gasteiger partial charge is 0.196 e. The molecule has 0 fully saturated rings. The molecule has 0 saturated heterocycles. The first-order valence-electron chi connectivity index (χ1n) is 10.2. The van der Waals surface area contributed by atoms with Gasteiger partial charge in [-0.15, -0.1) is 10.2 Å². The summed E-state index contributed by atoms with van der Waals surface area (Å²) >= 11 is 1.18. The zero-order valence-electron chi connectivity index (χ0n) is 17.9. The molecule has 0 N–H and O–H groups in total. The molecule has 2 aromatic heterocycles. The van der Waals surface area contributed by atoms with E-state index >= 15 is 0 Å². The molecule has 4 rings (SSSR count). The minimum absolute atomic E-state index is 0.0912. The van der Waals surface area contributed by atoms with Gasteiger partial charge in [-0.3, -0.25) is 14.3 Å². The number of aromatic nitrogens is 4. The number of benzene rings is 2. The van der Waals surface area contributed by atoms with Crippen LogP contribution >= 0.6 is 11.8 Å². The van der Waals surface area contributed by atoms with Crippen LogP contribution in [0.15, 0.2) is 72.1 Å². The maximum absolute atomic E-state index is 13.6. The molecule has 0 radical (unpaired) electrons. The Bertz CT molecular complexity index is 1260. The summed E-state index contributed by atoms with van der Waals surface area (Å²) in [5.74, 6) is -1.11. The Labute approximate surface area is 193 Å². The number of halogens is 2. The highest BCUT2D eigenvalue weighted by molar-refractivity contribution is 8.00. The molecule has 0 aliphatic heterocycles. The van der Waals surface area contributed by atoms with Crippen molar-refractivity contribution in [2.75, 3.05) is 6.61 Å². The summed E-state index contributed by atoms with van der Waals surface area (Å²) in [4.78, 5) is 17.0. The normalized spacial score (nSPS) is 11.9. The van der Waals surface area contributed by atoms with Crippen molar-refractivity contribution < 1.29 is 18.3 Å². The Morgan fingerprint density at radius 3 is 2.55 bits per heavy atom. The highest BCUT2D eigenvalue weighted by atomic mass is 32.2. The Kier molecular flexibility index (Phi) is 6.79. The lowest BCUT2D eigenvalue weighted by atomic mass is 10.1. The summed E-state index contributed by atoms with van der Waals surface area (Å²) in [5.41, 5.74) is 1.62. The number of ketones is 1. The molecule has 0 unspecified atom stereocenters. The van der Waals surface area contributed by atoms with Crippen LogP contribution in [-0.4, -0.2) is 37.4 Å². The molecular formula is C24H20F2N4O2S. The quantitative estimate of drug-likeness (QED) is 0.257. The largest absolute Gasteiger partial charge is 0.494 e. The van der Waals surface area contributed by atoms with Gasteiger partial charge in [-0.05, 0) is 68.4 Å². The van der Waals surface area contributed by atoms with Gasteiger partial charge in [-0.1, -0.05) is 11.8 Å². The second kappa shape index (κ2) is 9.91. The van der Waals surface area contributed by atoms with E-state index in [1.165, 1.54) is 17.8 Å². The van der Waals surface area contributed by atoms with Crippen molar-refractivity contribution in [3.8, 4) is 22.8 Å². The van der Waals surface area contributed by atoms with Crippen molar-refractivity contribution in [1.29, 1.82) is 0 Å². The third-order valence-corrected chi connectivity index (χ3v) is 5.86. The van der Waals surface area contributed by atoms with E-state index in [0.29, 0.717) is 17.6 Å². The summed E-state index contributed by atoms with van der Waals surface area (Å²) < 4.78 is 34.2. The maximum atomic E-state index is 13.6. The molecule has 2 aromatic carbocycles. The zero-order chi connectivity index (χ0) is 23.4. The fraction of sp³-hybridized carbons (Fsp3) is 0.167. The molecule has 1 atom stereocenters. The summed E-state index contributed by atoms with van der Waals surface area (Å²) in [7, 11) is 0. The van der Waals surface area contributed by atoms with Crippen LogP contribution in [0.1, 0.15) is 24.2 Å². The van der Waals surface area contributed by atoms with E-state index in [4.69, 9.17) is 4.74 Å². The minimum Gasteiger partial charge on any atom is -0.494 e. The number of Topliss-reactive ketones (excluding diaryl/α,β-unsaturated/α-hetero) is 1. The molecule has 4 aromatic rings. The van der Waals surface area contributed by atoms with Crippen LogP contribution in [-0.2, 0) is 0 Å². The fourth-order valence-electron chi connectivity index (χ4n) is 3.21. The number of carbonyl (C=O) groups excluding carboxylic acids is 1. The Balaban J connectivity index is 1.69. The number of hydrogen-bond donors (Lipinski definition) is 0. The number of ether oxygens (including phenoxy) is 1. The predicted molar refractivity (Wildman–Crippen MR) is 122 cm³/mol. The number of pyridine rings is 1. The third-order valence-electron chi connectivity index (χ3n) is 4.81. The molecule has 0 aliphatic carbocycles. The molecule has 168 valence electrons. The van der Waals surface area contributed by atoms with E-state index < -0.39 is 16.9 Å². The van der Waals surface area contributed by atoms with Gasteiger partial charge >= 0.3 is 0 Å². The molecular weight excluding hydrogens is 446 g/mol. The summed E-state index contributed by atoms with van der Waals surface area (Å²) in [6.45, 7) is 4.15. The van der Waals surface area contributed by atoms with E-state index in [2.05, 4.69) is 15.2 Å². The van der Waals surface area contributed by atoms with Gasteiger partial charge < -0.3 is 4.74 Å². The summed E-state index contributed by atoms with van der Waals surface area (Å²) in [6, 6.07) is 14.2. The topological polar surface area (TPSA) is 69.9 Å². The van der Waals surface area contributed by atoms with Crippen LogP contribution in [0.2, 0.25) is 0 Å². The number of carbonyl (C=O) groups is 1. The Morgan fingerprint density at radius 1 is 1.09 bits per heavy atom. The first-order chi connectivity index (χ1) is 16.0. The van der Waals surface area contributed by atoms with Crippen LogP contribution < -0.4 is 4.74 Å². The molecule has 9 heteroatoms. The van der Waals surface area contributed by atoms with Gasteiger partial charge in [-0.25, -0.2) is 8.78 Å². The lowest BCUT2D eigenvalue weighted by molar-refractivity contribution is 0.0993. The first-order valence-corrected chi connectivity index (χ1v) is 11.1. The summed E-state index contributed by atoms with van der Waals surface area (Å²) in [5, 5.41) is 8.49. The predicted octanol–water partition coefficient (Wildman–Crippen LogP) is 5.37. The van der Waals surface area contributed by atoms with Crippen molar-refractivity contribution >= 4 is 17.5 Å². The first kappa shape index (κ1) is 22.6. The van der Waals surface area contributed by atoms with Gasteiger partial charge in [0.15, 0.2) is 28.4 Å². The summed E-state index contributed by atoms with van der Waals surface area (Å²) in [6.07, 6.45) is 3.35. The van der Waals surface area contributed by atoms with E-state index in [-0.39, 0.29) is 11.3 Å². The second-order valence-corrected chi connectivity index (χ2v) is 8.37. The molecule has 0 spiro atoms. The highest BCUT2D eigenvalue weighted by Crippen LogP contribution is 2.31. The Morgan fingerprint density at radius 2 is 1.88 bits per heavy atom. The van der Waals surface area contributed by atoms with Crippen LogP contribution in [0.25, 0.3) is 17.1 Å². The zero-order valence-corrected chi connectivity index (χ0v) is 18.7. The average molecular weight is 467 g/mol. The van der Waals surface area contributed by atoms with Crippen molar-refractivity contribution in [2.45, 2.75) is 24.3 Å². The molecule has 33 heavy (non-hydrogen) atoms.